The first-order valence-corrected chi connectivity index (χ1v) is 2.98. The normalized spacial score (nSPS) is 9.20. The number of H-pyrrole nitrogens is 1. The maximum Gasteiger partial charge on any atom is 0.00836 e. The zero-order valence-corrected chi connectivity index (χ0v) is 7.56. The van der Waals surface area contributed by atoms with Crippen molar-refractivity contribution < 1.29 is 0 Å². The Hall–Kier alpha value is -0.697. The molecule has 1 N–H and O–H groups in total. The van der Waals surface area contributed by atoms with E-state index in [-0.39, 0.29) is 17.6 Å². The van der Waals surface area contributed by atoms with Crippen LogP contribution in [-0.4, -0.2) is 22.6 Å². The van der Waals surface area contributed by atoms with Gasteiger partial charge in [-0.3, -0.25) is 0 Å². The van der Waals surface area contributed by atoms with Crippen LogP contribution in [-0.2, 0) is 0 Å². The van der Waals surface area contributed by atoms with Crippen molar-refractivity contribution in [3.63, 3.8) is 0 Å². The fourth-order valence-corrected chi connectivity index (χ4v) is 1.01. The van der Waals surface area contributed by atoms with Crippen molar-refractivity contribution in [2.24, 2.45) is 0 Å². The summed E-state index contributed by atoms with van der Waals surface area (Å²) in [5.41, 5.74) is 2.58. The number of aromatic nitrogens is 1. The molecule has 1 heterocycles. The Kier molecular flexibility index (Phi) is 2.17. The molecule has 0 bridgehead atoms. The van der Waals surface area contributed by atoms with Gasteiger partial charge in [0, 0.05) is 30.0 Å². The Morgan fingerprint density at radius 2 is 1.80 bits per heavy atom. The van der Waals surface area contributed by atoms with Crippen LogP contribution in [0.5, 0.6) is 0 Å². The van der Waals surface area contributed by atoms with Gasteiger partial charge >= 0.3 is 0 Å². The second-order valence-corrected chi connectivity index (χ2v) is 2.08. The van der Waals surface area contributed by atoms with E-state index in [1.165, 1.54) is 11.1 Å². The van der Waals surface area contributed by atoms with Gasteiger partial charge < -0.3 is 4.98 Å². The van der Waals surface area contributed by atoms with Crippen LogP contribution < -0.4 is 0 Å². The topological polar surface area (TPSA) is 15.8 Å². The molecule has 0 fully saturated rings. The van der Waals surface area contributed by atoms with Crippen molar-refractivity contribution in [1.29, 1.82) is 0 Å². The summed E-state index contributed by atoms with van der Waals surface area (Å²) in [5, 5.41) is 0. The van der Waals surface area contributed by atoms with Crippen LogP contribution in [0.15, 0.2) is 36.7 Å². The van der Waals surface area contributed by atoms with E-state index >= 15 is 0 Å². The third-order valence-electron chi connectivity index (χ3n) is 1.48. The summed E-state index contributed by atoms with van der Waals surface area (Å²) in [6.07, 6.45) is 3.93. The van der Waals surface area contributed by atoms with Crippen LogP contribution in [0.2, 0.25) is 0 Å². The number of fused-ring (bicyclic) bond motifs is 1. The molecule has 2 aliphatic rings. The molecule has 4 radical (unpaired) electrons. The van der Waals surface area contributed by atoms with E-state index in [0.29, 0.717) is 0 Å². The summed E-state index contributed by atoms with van der Waals surface area (Å²) in [6.45, 7) is 0. The third-order valence-corrected chi connectivity index (χ3v) is 1.48. The molecule has 10 heavy (non-hydrogen) atoms. The molecule has 0 atom stereocenters. The second kappa shape index (κ2) is 2.93. The maximum atomic E-state index is 3.02. The minimum absolute atomic E-state index is 0. The molecule has 1 aliphatic heterocycles. The molecule has 0 spiro atoms. The van der Waals surface area contributed by atoms with Crippen molar-refractivity contribution >= 4 is 17.6 Å². The van der Waals surface area contributed by atoms with E-state index in [4.69, 9.17) is 0 Å². The smallest absolute Gasteiger partial charge is 0.00836 e. The number of hydrogen-bond acceptors (Lipinski definition) is 0. The van der Waals surface area contributed by atoms with Crippen molar-refractivity contribution in [2.45, 2.75) is 0 Å². The van der Waals surface area contributed by atoms with E-state index in [1.807, 2.05) is 12.4 Å². The molecule has 1 aliphatic carbocycles. The summed E-state index contributed by atoms with van der Waals surface area (Å²) in [7, 11) is 0. The fourth-order valence-electron chi connectivity index (χ4n) is 1.01. The predicted octanol–water partition coefficient (Wildman–Crippen LogP) is 1.74. The summed E-state index contributed by atoms with van der Waals surface area (Å²) >= 11 is 0. The molecule has 48 valence electrons. The number of nitrogens with one attached hydrogen (secondary N) is 1. The number of pyridine rings is 1. The average molecular weight is 190 g/mol. The largest absolute Gasteiger partial charge is 0.367 e. The Morgan fingerprint density at radius 1 is 1.00 bits per heavy atom. The molecule has 0 aromatic rings. The van der Waals surface area contributed by atoms with Crippen LogP contribution >= 0.6 is 0 Å². The molecule has 0 saturated heterocycles. The first-order valence-electron chi connectivity index (χ1n) is 2.98. The van der Waals surface area contributed by atoms with Gasteiger partial charge in [0.1, 0.15) is 0 Å². The summed E-state index contributed by atoms with van der Waals surface area (Å²) in [4.78, 5) is 3.02. The first kappa shape index (κ1) is 7.41. The molecule has 0 aromatic carbocycles. The van der Waals surface area contributed by atoms with Gasteiger partial charge in [0.05, 0.1) is 0 Å². The molecule has 0 amide bonds. The van der Waals surface area contributed by atoms with Crippen LogP contribution in [0, 0.1) is 0 Å². The molecule has 2 heteroatoms. The van der Waals surface area contributed by atoms with Crippen molar-refractivity contribution in [3.8, 4) is 11.1 Å². The SMILES string of the molecule is [Ge].c1cc2cc[nH]cc-2c1. The number of aromatic amines is 1. The molecule has 1 nitrogen and oxygen atoms in total. The zero-order chi connectivity index (χ0) is 6.10. The number of hydrogen-bond donors (Lipinski definition) is 1. The van der Waals surface area contributed by atoms with E-state index in [9.17, 15) is 0 Å². The third kappa shape index (κ3) is 1.09. The van der Waals surface area contributed by atoms with E-state index in [1.54, 1.807) is 0 Å². The molecule has 0 saturated carbocycles. The average Bonchev–Trinajstić information content (AvgIpc) is 2.33. The number of rotatable bonds is 0. The maximum absolute atomic E-state index is 3.02. The van der Waals surface area contributed by atoms with Crippen molar-refractivity contribution in [1.82, 2.24) is 4.98 Å². The Labute approximate surface area is 70.8 Å². The predicted molar refractivity (Wildman–Crippen MR) is 43.2 cm³/mol. The quantitative estimate of drug-likeness (QED) is 0.608. The zero-order valence-electron chi connectivity index (χ0n) is 5.46. The minimum atomic E-state index is 0. The molecule has 0 unspecified atom stereocenters. The van der Waals surface area contributed by atoms with Gasteiger partial charge in [0.2, 0.25) is 0 Å². The summed E-state index contributed by atoms with van der Waals surface area (Å²) in [6, 6.07) is 8.31. The van der Waals surface area contributed by atoms with Gasteiger partial charge in [-0.1, -0.05) is 18.2 Å². The van der Waals surface area contributed by atoms with Crippen LogP contribution in [0.4, 0.5) is 0 Å². The van der Waals surface area contributed by atoms with Crippen LogP contribution in [0.25, 0.3) is 11.1 Å². The van der Waals surface area contributed by atoms with Gasteiger partial charge in [-0.15, -0.1) is 0 Å². The van der Waals surface area contributed by atoms with Crippen molar-refractivity contribution in [3.05, 3.63) is 36.7 Å². The van der Waals surface area contributed by atoms with E-state index in [0.717, 1.165) is 0 Å². The van der Waals surface area contributed by atoms with Gasteiger partial charge in [-0.2, -0.15) is 0 Å². The molecular formula is C8H7GeN. The van der Waals surface area contributed by atoms with Gasteiger partial charge in [0.25, 0.3) is 0 Å². The Morgan fingerprint density at radius 3 is 2.60 bits per heavy atom. The molecule has 2 rings (SSSR count). The Balaban J connectivity index is 0.000000500. The van der Waals surface area contributed by atoms with E-state index < -0.39 is 0 Å². The monoisotopic (exact) mass is 191 g/mol. The summed E-state index contributed by atoms with van der Waals surface area (Å²) < 4.78 is 0. The van der Waals surface area contributed by atoms with Crippen LogP contribution in [0.1, 0.15) is 0 Å². The van der Waals surface area contributed by atoms with Crippen LogP contribution in [0.3, 0.4) is 0 Å². The Bertz CT molecular complexity index is 249. The minimum Gasteiger partial charge on any atom is -0.367 e. The van der Waals surface area contributed by atoms with Crippen molar-refractivity contribution in [2.75, 3.05) is 0 Å². The first-order chi connectivity index (χ1) is 4.47. The summed E-state index contributed by atoms with van der Waals surface area (Å²) in [5.74, 6) is 0. The second-order valence-electron chi connectivity index (χ2n) is 2.08. The van der Waals surface area contributed by atoms with Gasteiger partial charge in [-0.05, 0) is 17.2 Å². The van der Waals surface area contributed by atoms with Gasteiger partial charge in [0.15, 0.2) is 0 Å². The fraction of sp³-hybridized carbons (Fsp3) is 0. The van der Waals surface area contributed by atoms with E-state index in [2.05, 4.69) is 29.2 Å². The standard InChI is InChI=1S/C8H7N.Ge/c1-2-7-4-5-9-6-8(7)3-1;/h1-6,9H;. The van der Waals surface area contributed by atoms with Gasteiger partial charge in [-0.25, -0.2) is 0 Å². The molecular weight excluding hydrogens is 183 g/mol. The molecule has 0 aromatic heterocycles.